The summed E-state index contributed by atoms with van der Waals surface area (Å²) in [6.07, 6.45) is 2.23. The third-order valence-corrected chi connectivity index (χ3v) is 6.07. The Hall–Kier alpha value is -2.60. The molecule has 0 aliphatic carbocycles. The molecule has 2 heterocycles. The molecule has 5 nitrogen and oxygen atoms in total. The molecule has 0 atom stereocenters. The number of amides is 1. The first kappa shape index (κ1) is 18.7. The number of rotatable bonds is 6. The van der Waals surface area contributed by atoms with Gasteiger partial charge in [0.1, 0.15) is 0 Å². The van der Waals surface area contributed by atoms with Gasteiger partial charge in [-0.25, -0.2) is 0 Å². The summed E-state index contributed by atoms with van der Waals surface area (Å²) in [5.74, 6) is 1.84. The predicted octanol–water partition coefficient (Wildman–Crippen LogP) is 4.49. The maximum atomic E-state index is 12.5. The molecule has 1 fully saturated rings. The van der Waals surface area contributed by atoms with Crippen LogP contribution in [0.1, 0.15) is 35.7 Å². The smallest absolute Gasteiger partial charge is 0.253 e. The molecule has 1 saturated heterocycles. The summed E-state index contributed by atoms with van der Waals surface area (Å²) in [6, 6.07) is 18.1. The first-order valence-corrected chi connectivity index (χ1v) is 10.7. The molecular weight excluding hydrogens is 368 g/mol. The van der Waals surface area contributed by atoms with Gasteiger partial charge in [0.05, 0.1) is 0 Å². The van der Waals surface area contributed by atoms with E-state index in [1.165, 1.54) is 5.56 Å². The van der Waals surface area contributed by atoms with Gasteiger partial charge in [0.25, 0.3) is 5.91 Å². The Morgan fingerprint density at radius 2 is 1.71 bits per heavy atom. The minimum atomic E-state index is 0.148. The lowest BCUT2D eigenvalue weighted by molar-refractivity contribution is 0.0793. The van der Waals surface area contributed by atoms with Crippen LogP contribution in [0.4, 0.5) is 0 Å². The van der Waals surface area contributed by atoms with Crippen LogP contribution >= 0.6 is 11.8 Å². The summed E-state index contributed by atoms with van der Waals surface area (Å²) in [4.78, 5) is 14.4. The van der Waals surface area contributed by atoms with E-state index in [0.29, 0.717) is 0 Å². The molecule has 0 saturated carbocycles. The maximum absolute atomic E-state index is 12.5. The lowest BCUT2D eigenvalue weighted by Gasteiger charge is -2.15. The fourth-order valence-corrected chi connectivity index (χ4v) is 4.43. The van der Waals surface area contributed by atoms with Crippen LogP contribution in [0, 0.1) is 0 Å². The van der Waals surface area contributed by atoms with Crippen molar-refractivity contribution in [2.75, 3.05) is 13.1 Å². The Morgan fingerprint density at radius 1 is 1.00 bits per heavy atom. The zero-order chi connectivity index (χ0) is 19.3. The van der Waals surface area contributed by atoms with Crippen LogP contribution in [-0.4, -0.2) is 38.7 Å². The van der Waals surface area contributed by atoms with Gasteiger partial charge in [0.2, 0.25) is 0 Å². The van der Waals surface area contributed by atoms with Gasteiger partial charge in [-0.15, -0.1) is 10.2 Å². The van der Waals surface area contributed by atoms with Gasteiger partial charge in [-0.2, -0.15) is 0 Å². The molecule has 4 rings (SSSR count). The third kappa shape index (κ3) is 3.97. The fraction of sp³-hybridized carbons (Fsp3) is 0.318. The molecule has 0 unspecified atom stereocenters. The molecule has 144 valence electrons. The van der Waals surface area contributed by atoms with Crippen molar-refractivity contribution < 1.29 is 4.79 Å². The van der Waals surface area contributed by atoms with Crippen LogP contribution in [0.25, 0.3) is 11.4 Å². The van der Waals surface area contributed by atoms with Crippen LogP contribution < -0.4 is 0 Å². The average Bonchev–Trinajstić information content (AvgIpc) is 3.42. The number of nitrogens with zero attached hydrogens (tertiary/aromatic N) is 4. The summed E-state index contributed by atoms with van der Waals surface area (Å²) < 4.78 is 2.14. The lowest BCUT2D eigenvalue weighted by atomic mass is 10.1. The van der Waals surface area contributed by atoms with Crippen molar-refractivity contribution in [2.45, 2.75) is 37.2 Å². The summed E-state index contributed by atoms with van der Waals surface area (Å²) in [5.41, 5.74) is 3.03. The van der Waals surface area contributed by atoms with Gasteiger partial charge in [0.15, 0.2) is 11.0 Å². The van der Waals surface area contributed by atoms with Crippen LogP contribution in [0.15, 0.2) is 59.8 Å². The van der Waals surface area contributed by atoms with Gasteiger partial charge in [-0.05, 0) is 37.5 Å². The molecule has 0 spiro atoms. The van der Waals surface area contributed by atoms with E-state index in [1.54, 1.807) is 11.8 Å². The standard InChI is InChI=1S/C22H24N4OS/c1-2-26-20(18-8-4-3-5-9-18)23-24-22(26)28-16-17-10-12-19(13-11-17)21(27)25-14-6-7-15-25/h3-5,8-13H,2,6-7,14-16H2,1H3. The molecule has 1 aromatic heterocycles. The highest BCUT2D eigenvalue weighted by molar-refractivity contribution is 7.98. The Morgan fingerprint density at radius 3 is 2.39 bits per heavy atom. The van der Waals surface area contributed by atoms with E-state index in [9.17, 15) is 4.79 Å². The zero-order valence-electron chi connectivity index (χ0n) is 16.0. The first-order valence-electron chi connectivity index (χ1n) is 9.76. The number of benzene rings is 2. The molecule has 0 N–H and O–H groups in total. The van der Waals surface area contributed by atoms with Crippen molar-refractivity contribution in [2.24, 2.45) is 0 Å². The average molecular weight is 393 g/mol. The molecule has 2 aromatic carbocycles. The van der Waals surface area contributed by atoms with Gasteiger partial charge in [0, 0.05) is 36.5 Å². The molecular formula is C22H24N4OS. The van der Waals surface area contributed by atoms with Gasteiger partial charge in [-0.1, -0.05) is 54.2 Å². The molecule has 28 heavy (non-hydrogen) atoms. The molecule has 0 bridgehead atoms. The van der Waals surface area contributed by atoms with E-state index >= 15 is 0 Å². The number of thioether (sulfide) groups is 1. The summed E-state index contributed by atoms with van der Waals surface area (Å²) in [5, 5.41) is 9.70. The fourth-order valence-electron chi connectivity index (χ4n) is 3.48. The second-order valence-corrected chi connectivity index (χ2v) is 7.84. The molecule has 1 aliphatic rings. The highest BCUT2D eigenvalue weighted by Gasteiger charge is 2.19. The predicted molar refractivity (Wildman–Crippen MR) is 112 cm³/mol. The SMILES string of the molecule is CCn1c(SCc2ccc(C(=O)N3CCCC3)cc2)nnc1-c1ccccc1. The zero-order valence-corrected chi connectivity index (χ0v) is 16.9. The quantitative estimate of drug-likeness (QED) is 0.580. The molecule has 1 amide bonds. The van der Waals surface area contributed by atoms with Crippen molar-refractivity contribution in [3.8, 4) is 11.4 Å². The van der Waals surface area contributed by atoms with Crippen molar-refractivity contribution >= 4 is 17.7 Å². The molecule has 6 heteroatoms. The van der Waals surface area contributed by atoms with Crippen molar-refractivity contribution in [3.05, 3.63) is 65.7 Å². The molecule has 3 aromatic rings. The normalized spacial score (nSPS) is 13.8. The van der Waals surface area contributed by atoms with Crippen molar-refractivity contribution in [1.82, 2.24) is 19.7 Å². The first-order chi connectivity index (χ1) is 13.8. The number of hydrogen-bond acceptors (Lipinski definition) is 4. The van der Waals surface area contributed by atoms with Crippen molar-refractivity contribution in [1.29, 1.82) is 0 Å². The lowest BCUT2D eigenvalue weighted by Crippen LogP contribution is -2.27. The van der Waals surface area contributed by atoms with Crippen LogP contribution in [0.2, 0.25) is 0 Å². The minimum absolute atomic E-state index is 0.148. The van der Waals surface area contributed by atoms with Crippen LogP contribution in [-0.2, 0) is 12.3 Å². The third-order valence-electron chi connectivity index (χ3n) is 5.03. The Balaban J connectivity index is 1.43. The maximum Gasteiger partial charge on any atom is 0.253 e. The second kappa shape index (κ2) is 8.61. The van der Waals surface area contributed by atoms with E-state index in [1.807, 2.05) is 47.4 Å². The van der Waals surface area contributed by atoms with Gasteiger partial charge >= 0.3 is 0 Å². The van der Waals surface area contributed by atoms with E-state index in [-0.39, 0.29) is 5.91 Å². The number of carbonyl (C=O) groups excluding carboxylic acids is 1. The summed E-state index contributed by atoms with van der Waals surface area (Å²) in [7, 11) is 0. The highest BCUT2D eigenvalue weighted by atomic mass is 32.2. The summed E-state index contributed by atoms with van der Waals surface area (Å²) in [6.45, 7) is 4.70. The Labute approximate surface area is 169 Å². The Bertz CT molecular complexity index is 931. The van der Waals surface area contributed by atoms with E-state index in [0.717, 1.165) is 60.3 Å². The number of likely N-dealkylation sites (tertiary alicyclic amines) is 1. The van der Waals surface area contributed by atoms with Gasteiger partial charge < -0.3 is 9.47 Å². The topological polar surface area (TPSA) is 51.0 Å². The highest BCUT2D eigenvalue weighted by Crippen LogP contribution is 2.26. The van der Waals surface area contributed by atoms with E-state index < -0.39 is 0 Å². The van der Waals surface area contributed by atoms with Crippen LogP contribution in [0.3, 0.4) is 0 Å². The second-order valence-electron chi connectivity index (χ2n) is 6.90. The number of carbonyl (C=O) groups is 1. The largest absolute Gasteiger partial charge is 0.339 e. The minimum Gasteiger partial charge on any atom is -0.339 e. The molecule has 1 aliphatic heterocycles. The van der Waals surface area contributed by atoms with E-state index in [4.69, 9.17) is 0 Å². The molecule has 0 radical (unpaired) electrons. The van der Waals surface area contributed by atoms with Gasteiger partial charge in [-0.3, -0.25) is 4.79 Å². The van der Waals surface area contributed by atoms with Crippen molar-refractivity contribution in [3.63, 3.8) is 0 Å². The number of hydrogen-bond donors (Lipinski definition) is 0. The Kier molecular flexibility index (Phi) is 5.76. The van der Waals surface area contributed by atoms with E-state index in [2.05, 4.69) is 33.8 Å². The number of aromatic nitrogens is 3. The monoisotopic (exact) mass is 392 g/mol. The summed E-state index contributed by atoms with van der Waals surface area (Å²) >= 11 is 1.67. The van der Waals surface area contributed by atoms with Crippen LogP contribution in [0.5, 0.6) is 0 Å².